The van der Waals surface area contributed by atoms with E-state index in [1.54, 1.807) is 17.0 Å². The molecule has 0 unspecified atom stereocenters. The minimum absolute atomic E-state index is 0.00491. The number of nitrogens with zero attached hydrogens (tertiary/aromatic N) is 1. The average Bonchev–Trinajstić information content (AvgIpc) is 2.81. The fourth-order valence-corrected chi connectivity index (χ4v) is 3.69. The van der Waals surface area contributed by atoms with Crippen LogP contribution in [0.5, 0.6) is 0 Å². The van der Waals surface area contributed by atoms with Crippen molar-refractivity contribution in [1.82, 2.24) is 4.90 Å². The molecule has 1 aromatic carbocycles. The van der Waals surface area contributed by atoms with Crippen LogP contribution in [0.4, 0.5) is 4.39 Å². The maximum Gasteiger partial charge on any atom is 0.290 e. The lowest BCUT2D eigenvalue weighted by Gasteiger charge is -2.36. The minimum Gasteiger partial charge on any atom is -0.503 e. The number of benzene rings is 1. The number of rotatable bonds is 3. The molecule has 0 radical (unpaired) electrons. The van der Waals surface area contributed by atoms with Gasteiger partial charge < -0.3 is 10.0 Å². The van der Waals surface area contributed by atoms with Crippen LogP contribution in [-0.2, 0) is 9.59 Å². The number of hydrogen-bond acceptors (Lipinski definition) is 3. The van der Waals surface area contributed by atoms with E-state index in [0.717, 1.165) is 32.1 Å². The van der Waals surface area contributed by atoms with Crippen LogP contribution in [0.25, 0.3) is 0 Å². The number of Topliss-reactive ketones (excluding diaryl/α,β-unsaturated/α-hetero) is 1. The second-order valence-electron chi connectivity index (χ2n) is 6.28. The topological polar surface area (TPSA) is 57.6 Å². The summed E-state index contributed by atoms with van der Waals surface area (Å²) >= 11 is 0. The van der Waals surface area contributed by atoms with Crippen LogP contribution in [0.15, 0.2) is 35.6 Å². The van der Waals surface area contributed by atoms with Gasteiger partial charge in [0, 0.05) is 6.04 Å². The lowest BCUT2D eigenvalue weighted by molar-refractivity contribution is -0.132. The Morgan fingerprint density at radius 2 is 1.78 bits per heavy atom. The largest absolute Gasteiger partial charge is 0.503 e. The standard InChI is InChI=1S/C18H20FNO3/c1-11(21)15-16(12-7-9-13(19)10-8-12)20(18(23)17(15)22)14-5-3-2-4-6-14/h7-10,14,16,22H,2-6H2,1H3/t16-/m1/s1. The third kappa shape index (κ3) is 2.76. The van der Waals surface area contributed by atoms with E-state index >= 15 is 0 Å². The lowest BCUT2D eigenvalue weighted by Crippen LogP contribution is -2.41. The van der Waals surface area contributed by atoms with E-state index in [0.29, 0.717) is 5.56 Å². The SMILES string of the molecule is CC(=O)C1=C(O)C(=O)N(C2CCCCC2)[C@@H]1c1ccc(F)cc1. The fraction of sp³-hybridized carbons (Fsp3) is 0.444. The molecule has 2 aliphatic rings. The van der Waals surface area contributed by atoms with Crippen LogP contribution in [0.1, 0.15) is 50.6 Å². The average molecular weight is 317 g/mol. The molecule has 1 aliphatic heterocycles. The molecular weight excluding hydrogens is 297 g/mol. The van der Waals surface area contributed by atoms with E-state index in [2.05, 4.69) is 0 Å². The molecule has 1 saturated carbocycles. The maximum atomic E-state index is 13.2. The summed E-state index contributed by atoms with van der Waals surface area (Å²) in [6, 6.07) is 5.15. The van der Waals surface area contributed by atoms with Crippen LogP contribution >= 0.6 is 0 Å². The molecule has 5 heteroatoms. The zero-order valence-corrected chi connectivity index (χ0v) is 13.1. The quantitative estimate of drug-likeness (QED) is 0.929. The summed E-state index contributed by atoms with van der Waals surface area (Å²) < 4.78 is 13.2. The first kappa shape index (κ1) is 15.7. The molecular formula is C18H20FNO3. The summed E-state index contributed by atoms with van der Waals surface area (Å²) in [4.78, 5) is 26.2. The van der Waals surface area contributed by atoms with Crippen molar-refractivity contribution in [1.29, 1.82) is 0 Å². The third-order valence-corrected chi connectivity index (χ3v) is 4.78. The first-order chi connectivity index (χ1) is 11.0. The fourth-order valence-electron chi connectivity index (χ4n) is 3.69. The van der Waals surface area contributed by atoms with E-state index in [1.807, 2.05) is 0 Å². The highest BCUT2D eigenvalue weighted by Crippen LogP contribution is 2.41. The van der Waals surface area contributed by atoms with Crippen LogP contribution in [0.2, 0.25) is 0 Å². The van der Waals surface area contributed by atoms with Gasteiger partial charge in [-0.1, -0.05) is 31.4 Å². The number of hydrogen-bond donors (Lipinski definition) is 1. The van der Waals surface area contributed by atoms with Crippen molar-refractivity contribution in [3.63, 3.8) is 0 Å². The maximum absolute atomic E-state index is 13.2. The van der Waals surface area contributed by atoms with Gasteiger partial charge in [0.25, 0.3) is 5.91 Å². The van der Waals surface area contributed by atoms with Gasteiger partial charge in [-0.2, -0.15) is 0 Å². The van der Waals surface area contributed by atoms with Crippen molar-refractivity contribution in [3.05, 3.63) is 47.0 Å². The Bertz CT molecular complexity index is 659. The molecule has 4 nitrogen and oxygen atoms in total. The van der Waals surface area contributed by atoms with Crippen LogP contribution < -0.4 is 0 Å². The monoisotopic (exact) mass is 317 g/mol. The Hall–Kier alpha value is -2.17. The summed E-state index contributed by atoms with van der Waals surface area (Å²) in [5.74, 6) is -1.66. The van der Waals surface area contributed by atoms with Gasteiger partial charge in [-0.05, 0) is 37.5 Å². The van der Waals surface area contributed by atoms with Gasteiger partial charge in [0.15, 0.2) is 11.5 Å². The summed E-state index contributed by atoms with van der Waals surface area (Å²) in [5.41, 5.74) is 0.770. The third-order valence-electron chi connectivity index (χ3n) is 4.78. The molecule has 0 bridgehead atoms. The van der Waals surface area contributed by atoms with Gasteiger partial charge in [0.05, 0.1) is 11.6 Å². The molecule has 0 aromatic heterocycles. The number of halogens is 1. The molecule has 1 amide bonds. The van der Waals surface area contributed by atoms with E-state index in [-0.39, 0.29) is 23.2 Å². The molecule has 0 saturated heterocycles. The van der Waals surface area contributed by atoms with E-state index in [9.17, 15) is 19.1 Å². The van der Waals surface area contributed by atoms with Crippen molar-refractivity contribution in [2.45, 2.75) is 51.1 Å². The van der Waals surface area contributed by atoms with E-state index in [4.69, 9.17) is 0 Å². The molecule has 1 aliphatic carbocycles. The van der Waals surface area contributed by atoms with Crippen LogP contribution in [-0.4, -0.2) is 27.7 Å². The number of aliphatic hydroxyl groups excluding tert-OH is 1. The Kier molecular flexibility index (Phi) is 4.20. The molecule has 122 valence electrons. The van der Waals surface area contributed by atoms with Gasteiger partial charge in [-0.15, -0.1) is 0 Å². The molecule has 0 spiro atoms. The summed E-state index contributed by atoms with van der Waals surface area (Å²) in [5, 5.41) is 10.2. The zero-order chi connectivity index (χ0) is 16.6. The normalized spacial score (nSPS) is 22.8. The van der Waals surface area contributed by atoms with Gasteiger partial charge in [0.1, 0.15) is 5.82 Å². The first-order valence-corrected chi connectivity index (χ1v) is 8.03. The number of carbonyl (C=O) groups excluding carboxylic acids is 2. The molecule has 3 rings (SSSR count). The second-order valence-corrected chi connectivity index (χ2v) is 6.28. The van der Waals surface area contributed by atoms with Crippen molar-refractivity contribution in [3.8, 4) is 0 Å². The number of ketones is 1. The smallest absolute Gasteiger partial charge is 0.290 e. The number of amides is 1. The van der Waals surface area contributed by atoms with Gasteiger partial charge in [-0.3, -0.25) is 9.59 Å². The van der Waals surface area contributed by atoms with Gasteiger partial charge in [0.2, 0.25) is 0 Å². The second kappa shape index (κ2) is 6.14. The Morgan fingerprint density at radius 1 is 1.17 bits per heavy atom. The highest BCUT2D eigenvalue weighted by Gasteiger charge is 2.45. The predicted octanol–water partition coefficient (Wildman–Crippen LogP) is 3.44. The number of aliphatic hydroxyl groups is 1. The molecule has 1 atom stereocenters. The molecule has 1 aromatic rings. The van der Waals surface area contributed by atoms with Gasteiger partial charge >= 0.3 is 0 Å². The highest BCUT2D eigenvalue weighted by atomic mass is 19.1. The minimum atomic E-state index is -0.622. The van der Waals surface area contributed by atoms with Crippen molar-refractivity contribution >= 4 is 11.7 Å². The summed E-state index contributed by atoms with van der Waals surface area (Å²) in [7, 11) is 0. The number of carbonyl (C=O) groups is 2. The van der Waals surface area contributed by atoms with Crippen molar-refractivity contribution < 1.29 is 19.1 Å². The molecule has 1 N–H and O–H groups in total. The molecule has 1 fully saturated rings. The van der Waals surface area contributed by atoms with Crippen molar-refractivity contribution in [2.75, 3.05) is 0 Å². The van der Waals surface area contributed by atoms with Crippen LogP contribution in [0, 0.1) is 5.82 Å². The first-order valence-electron chi connectivity index (χ1n) is 8.03. The summed E-state index contributed by atoms with van der Waals surface area (Å²) in [6.45, 7) is 1.35. The van der Waals surface area contributed by atoms with Gasteiger partial charge in [-0.25, -0.2) is 4.39 Å². The molecule has 23 heavy (non-hydrogen) atoms. The molecule has 1 heterocycles. The highest BCUT2D eigenvalue weighted by molar-refractivity contribution is 6.08. The lowest BCUT2D eigenvalue weighted by atomic mass is 9.90. The van der Waals surface area contributed by atoms with E-state index in [1.165, 1.54) is 19.1 Å². The Labute approximate surface area is 134 Å². The van der Waals surface area contributed by atoms with E-state index < -0.39 is 17.7 Å². The Morgan fingerprint density at radius 3 is 2.35 bits per heavy atom. The Balaban J connectivity index is 2.05. The van der Waals surface area contributed by atoms with Crippen LogP contribution in [0.3, 0.4) is 0 Å². The zero-order valence-electron chi connectivity index (χ0n) is 13.1. The van der Waals surface area contributed by atoms with Crippen molar-refractivity contribution in [2.24, 2.45) is 0 Å². The summed E-state index contributed by atoms with van der Waals surface area (Å²) in [6.07, 6.45) is 4.92. The predicted molar refractivity (Wildman–Crippen MR) is 83.2 cm³/mol.